The summed E-state index contributed by atoms with van der Waals surface area (Å²) >= 11 is 0. The van der Waals surface area contributed by atoms with Crippen molar-refractivity contribution in [2.45, 2.75) is 19.8 Å². The number of aryl methyl sites for hydroxylation is 1. The van der Waals surface area contributed by atoms with Crippen molar-refractivity contribution in [2.75, 3.05) is 42.3 Å². The Hall–Kier alpha value is -3.84. The van der Waals surface area contributed by atoms with Crippen LogP contribution < -0.4 is 20.7 Å². The molecule has 0 heterocycles. The van der Waals surface area contributed by atoms with Gasteiger partial charge < -0.3 is 25.4 Å². The molecule has 0 radical (unpaired) electrons. The molecule has 0 aliphatic heterocycles. The molecule has 0 unspecified atom stereocenters. The molecule has 0 saturated heterocycles. The average molecular weight is 462 g/mol. The van der Waals surface area contributed by atoms with Gasteiger partial charge in [0.1, 0.15) is 12.4 Å². The van der Waals surface area contributed by atoms with Crippen LogP contribution in [0.1, 0.15) is 18.9 Å². The minimum absolute atomic E-state index is 0.0458. The predicted molar refractivity (Wildman–Crippen MR) is 135 cm³/mol. The van der Waals surface area contributed by atoms with Crippen LogP contribution >= 0.6 is 0 Å². The lowest BCUT2D eigenvalue weighted by molar-refractivity contribution is -0.116. The summed E-state index contributed by atoms with van der Waals surface area (Å²) in [6.45, 7) is 3.80. The predicted octanol–water partition coefficient (Wildman–Crippen LogP) is 4.72. The molecule has 3 aromatic carbocycles. The summed E-state index contributed by atoms with van der Waals surface area (Å²) in [6.07, 6.45) is 1.10. The number of carbonyl (C=O) groups excluding carboxylic acids is 2. The number of nitrogens with one attached hydrogen (secondary N) is 3. The SMILES string of the molecule is CCOCCOc1ccc(NCC(=O)Nc2ccc(NC(=O)CCc3ccccc3)cc2)cc1. The van der Waals surface area contributed by atoms with E-state index in [2.05, 4.69) is 16.0 Å². The molecule has 34 heavy (non-hydrogen) atoms. The maximum absolute atomic E-state index is 12.3. The molecule has 3 rings (SSSR count). The van der Waals surface area contributed by atoms with E-state index in [0.717, 1.165) is 17.0 Å². The van der Waals surface area contributed by atoms with E-state index in [1.165, 1.54) is 0 Å². The molecule has 0 aliphatic carbocycles. The second kappa shape index (κ2) is 13.6. The summed E-state index contributed by atoms with van der Waals surface area (Å²) in [5.41, 5.74) is 3.30. The van der Waals surface area contributed by atoms with Gasteiger partial charge in [0.05, 0.1) is 13.2 Å². The number of amides is 2. The van der Waals surface area contributed by atoms with Crippen molar-refractivity contribution in [3.05, 3.63) is 84.4 Å². The molecule has 3 N–H and O–H groups in total. The van der Waals surface area contributed by atoms with Crippen LogP contribution in [0.15, 0.2) is 78.9 Å². The third-order valence-corrected chi connectivity index (χ3v) is 4.94. The summed E-state index contributed by atoms with van der Waals surface area (Å²) in [4.78, 5) is 24.4. The number of anilines is 3. The van der Waals surface area contributed by atoms with Crippen LogP contribution in [-0.4, -0.2) is 38.2 Å². The van der Waals surface area contributed by atoms with Gasteiger partial charge in [-0.25, -0.2) is 0 Å². The van der Waals surface area contributed by atoms with Crippen LogP contribution in [0, 0.1) is 0 Å². The second-order valence-corrected chi connectivity index (χ2v) is 7.58. The molecule has 0 atom stereocenters. The zero-order valence-corrected chi connectivity index (χ0v) is 19.4. The van der Waals surface area contributed by atoms with Crippen LogP contribution in [-0.2, 0) is 20.7 Å². The second-order valence-electron chi connectivity index (χ2n) is 7.58. The highest BCUT2D eigenvalue weighted by atomic mass is 16.5. The van der Waals surface area contributed by atoms with E-state index in [-0.39, 0.29) is 18.4 Å². The molecule has 0 fully saturated rings. The van der Waals surface area contributed by atoms with Gasteiger partial charge in [0.2, 0.25) is 11.8 Å². The molecular weight excluding hydrogens is 430 g/mol. The van der Waals surface area contributed by atoms with E-state index in [1.54, 1.807) is 24.3 Å². The summed E-state index contributed by atoms with van der Waals surface area (Å²) in [5.74, 6) is 0.536. The fraction of sp³-hybridized carbons (Fsp3) is 0.259. The highest BCUT2D eigenvalue weighted by molar-refractivity contribution is 5.94. The van der Waals surface area contributed by atoms with Gasteiger partial charge in [0.15, 0.2) is 0 Å². The Bertz CT molecular complexity index is 1020. The van der Waals surface area contributed by atoms with E-state index in [4.69, 9.17) is 9.47 Å². The largest absolute Gasteiger partial charge is 0.491 e. The van der Waals surface area contributed by atoms with E-state index in [0.29, 0.717) is 44.0 Å². The Morgan fingerprint density at radius 1 is 0.735 bits per heavy atom. The van der Waals surface area contributed by atoms with Gasteiger partial charge in [-0.1, -0.05) is 30.3 Å². The Morgan fingerprint density at radius 3 is 2.00 bits per heavy atom. The van der Waals surface area contributed by atoms with Gasteiger partial charge in [-0.2, -0.15) is 0 Å². The topological polar surface area (TPSA) is 88.7 Å². The minimum Gasteiger partial charge on any atom is -0.491 e. The first-order valence-electron chi connectivity index (χ1n) is 11.4. The van der Waals surface area contributed by atoms with E-state index < -0.39 is 0 Å². The molecule has 0 bridgehead atoms. The van der Waals surface area contributed by atoms with Gasteiger partial charge in [0.25, 0.3) is 0 Å². The van der Waals surface area contributed by atoms with E-state index >= 15 is 0 Å². The molecule has 178 valence electrons. The molecule has 7 nitrogen and oxygen atoms in total. The van der Waals surface area contributed by atoms with Crippen LogP contribution in [0.4, 0.5) is 17.1 Å². The first-order chi connectivity index (χ1) is 16.6. The Labute approximate surface area is 200 Å². The fourth-order valence-electron chi connectivity index (χ4n) is 3.18. The molecule has 0 aliphatic rings. The zero-order valence-electron chi connectivity index (χ0n) is 19.4. The van der Waals surface area contributed by atoms with Crippen molar-refractivity contribution < 1.29 is 19.1 Å². The Kier molecular flexibility index (Phi) is 9.95. The third-order valence-electron chi connectivity index (χ3n) is 4.94. The maximum Gasteiger partial charge on any atom is 0.243 e. The molecule has 0 spiro atoms. The van der Waals surface area contributed by atoms with Crippen molar-refractivity contribution in [1.82, 2.24) is 0 Å². The summed E-state index contributed by atoms with van der Waals surface area (Å²) in [6, 6.07) is 24.4. The van der Waals surface area contributed by atoms with Crippen molar-refractivity contribution in [2.24, 2.45) is 0 Å². The highest BCUT2D eigenvalue weighted by Gasteiger charge is 2.06. The number of ether oxygens (including phenoxy) is 2. The lowest BCUT2D eigenvalue weighted by atomic mass is 10.1. The van der Waals surface area contributed by atoms with Gasteiger partial charge >= 0.3 is 0 Å². The number of carbonyl (C=O) groups is 2. The number of hydrogen-bond acceptors (Lipinski definition) is 5. The summed E-state index contributed by atoms with van der Waals surface area (Å²) in [5, 5.41) is 8.80. The lowest BCUT2D eigenvalue weighted by Gasteiger charge is -2.10. The van der Waals surface area contributed by atoms with Crippen LogP contribution in [0.25, 0.3) is 0 Å². The monoisotopic (exact) mass is 461 g/mol. The number of rotatable bonds is 13. The standard InChI is InChI=1S/C27H31N3O4/c1-2-33-18-19-34-25-15-13-22(14-16-25)28-20-27(32)30-24-11-9-23(10-12-24)29-26(31)17-8-21-6-4-3-5-7-21/h3-7,9-16,28H,2,8,17-20H2,1H3,(H,29,31)(H,30,32). The van der Waals surface area contributed by atoms with Crippen molar-refractivity contribution >= 4 is 28.9 Å². The lowest BCUT2D eigenvalue weighted by Crippen LogP contribution is -2.21. The zero-order chi connectivity index (χ0) is 24.0. The maximum atomic E-state index is 12.3. The van der Waals surface area contributed by atoms with Gasteiger partial charge in [-0.3, -0.25) is 9.59 Å². The quantitative estimate of drug-likeness (QED) is 0.321. The van der Waals surface area contributed by atoms with E-state index in [9.17, 15) is 9.59 Å². The van der Waals surface area contributed by atoms with E-state index in [1.807, 2.05) is 61.5 Å². The highest BCUT2D eigenvalue weighted by Crippen LogP contribution is 2.16. The molecule has 2 amide bonds. The number of hydrogen-bond donors (Lipinski definition) is 3. The Morgan fingerprint density at radius 2 is 1.35 bits per heavy atom. The number of benzene rings is 3. The average Bonchev–Trinajstić information content (AvgIpc) is 2.87. The van der Waals surface area contributed by atoms with Crippen LogP contribution in [0.3, 0.4) is 0 Å². The molecule has 3 aromatic rings. The Balaban J connectivity index is 1.36. The molecule has 0 aromatic heterocycles. The molecular formula is C27H31N3O4. The van der Waals surface area contributed by atoms with Gasteiger partial charge in [0, 0.05) is 30.1 Å². The minimum atomic E-state index is -0.170. The normalized spacial score (nSPS) is 10.4. The van der Waals surface area contributed by atoms with Crippen LogP contribution in [0.5, 0.6) is 5.75 Å². The summed E-state index contributed by atoms with van der Waals surface area (Å²) < 4.78 is 10.8. The van der Waals surface area contributed by atoms with Crippen molar-refractivity contribution in [3.8, 4) is 5.75 Å². The third kappa shape index (κ3) is 8.96. The van der Waals surface area contributed by atoms with Crippen molar-refractivity contribution in [3.63, 3.8) is 0 Å². The summed E-state index contributed by atoms with van der Waals surface area (Å²) in [7, 11) is 0. The van der Waals surface area contributed by atoms with Crippen LogP contribution in [0.2, 0.25) is 0 Å². The first-order valence-corrected chi connectivity index (χ1v) is 11.4. The molecule has 0 saturated carbocycles. The fourth-order valence-corrected chi connectivity index (χ4v) is 3.18. The van der Waals surface area contributed by atoms with Gasteiger partial charge in [-0.15, -0.1) is 0 Å². The van der Waals surface area contributed by atoms with Crippen molar-refractivity contribution in [1.29, 1.82) is 0 Å². The first kappa shape index (κ1) is 24.8. The molecule has 7 heteroatoms. The van der Waals surface area contributed by atoms with Gasteiger partial charge in [-0.05, 0) is 67.4 Å². The smallest absolute Gasteiger partial charge is 0.243 e.